The molecule has 2 aliphatic rings. The van der Waals surface area contributed by atoms with Crippen molar-refractivity contribution in [2.24, 2.45) is 5.92 Å². The van der Waals surface area contributed by atoms with E-state index in [4.69, 9.17) is 11.6 Å². The molecule has 1 aromatic carbocycles. The summed E-state index contributed by atoms with van der Waals surface area (Å²) in [4.78, 5) is 27.0. The fourth-order valence-corrected chi connectivity index (χ4v) is 4.17. The fourth-order valence-electron chi connectivity index (χ4n) is 4.04. The molecule has 1 aliphatic heterocycles. The zero-order chi connectivity index (χ0) is 18.4. The first-order chi connectivity index (χ1) is 12.6. The average molecular weight is 377 g/mol. The van der Waals surface area contributed by atoms with Crippen LogP contribution in [-0.2, 0) is 4.79 Å². The van der Waals surface area contributed by atoms with Crippen molar-refractivity contribution in [3.63, 3.8) is 0 Å². The number of halogens is 1. The maximum atomic E-state index is 12.6. The molecule has 3 rings (SSSR count). The van der Waals surface area contributed by atoms with Gasteiger partial charge in [-0.2, -0.15) is 0 Å². The third-order valence-electron chi connectivity index (χ3n) is 5.70. The Morgan fingerprint density at radius 2 is 1.46 bits per heavy atom. The largest absolute Gasteiger partial charge is 0.353 e. The second kappa shape index (κ2) is 9.40. The highest BCUT2D eigenvalue weighted by Gasteiger charge is 2.28. The van der Waals surface area contributed by atoms with Gasteiger partial charge in [0.25, 0.3) is 5.91 Å². The van der Waals surface area contributed by atoms with Crippen molar-refractivity contribution in [1.82, 2.24) is 10.2 Å². The molecule has 0 aromatic heterocycles. The van der Waals surface area contributed by atoms with Gasteiger partial charge in [-0.25, -0.2) is 0 Å². The van der Waals surface area contributed by atoms with Crippen molar-refractivity contribution in [1.29, 1.82) is 0 Å². The van der Waals surface area contributed by atoms with Crippen LogP contribution in [0.1, 0.15) is 68.1 Å². The first kappa shape index (κ1) is 19.2. The van der Waals surface area contributed by atoms with Crippen LogP contribution in [0.15, 0.2) is 24.3 Å². The summed E-state index contributed by atoms with van der Waals surface area (Å²) in [6.45, 7) is 1.29. The van der Waals surface area contributed by atoms with Crippen molar-refractivity contribution in [3.05, 3.63) is 34.9 Å². The Labute approximate surface area is 161 Å². The van der Waals surface area contributed by atoms with Crippen molar-refractivity contribution in [2.75, 3.05) is 13.1 Å². The molecule has 1 N–H and O–H groups in total. The maximum absolute atomic E-state index is 12.6. The van der Waals surface area contributed by atoms with E-state index in [1.807, 2.05) is 4.90 Å². The van der Waals surface area contributed by atoms with Gasteiger partial charge in [-0.3, -0.25) is 9.59 Å². The minimum atomic E-state index is 0.0283. The summed E-state index contributed by atoms with van der Waals surface area (Å²) >= 11 is 5.89. The Morgan fingerprint density at radius 3 is 2.08 bits per heavy atom. The number of nitrogens with one attached hydrogen (secondary N) is 1. The molecule has 0 spiro atoms. The summed E-state index contributed by atoms with van der Waals surface area (Å²) in [5.41, 5.74) is 0.659. The van der Waals surface area contributed by atoms with Crippen LogP contribution in [0.25, 0.3) is 0 Å². The standard InChI is InChI=1S/C21H29ClN2O2/c22-18-10-8-17(9-11-18)21(26)24-14-12-16(13-15-24)20(25)23-19-6-4-2-1-3-5-7-19/h8-11,16,19H,1-7,12-15H2,(H,23,25). The molecule has 1 aromatic rings. The van der Waals surface area contributed by atoms with Crippen molar-refractivity contribution in [2.45, 2.75) is 63.8 Å². The molecule has 1 saturated heterocycles. The molecule has 1 heterocycles. The normalized spacial score (nSPS) is 20.3. The molecule has 2 amide bonds. The molecule has 1 saturated carbocycles. The minimum Gasteiger partial charge on any atom is -0.353 e. The molecule has 0 radical (unpaired) electrons. The quantitative estimate of drug-likeness (QED) is 0.848. The Bertz CT molecular complexity index is 601. The van der Waals surface area contributed by atoms with E-state index in [2.05, 4.69) is 5.32 Å². The molecule has 4 nitrogen and oxygen atoms in total. The summed E-state index contributed by atoms with van der Waals surface area (Å²) < 4.78 is 0. The molecule has 0 bridgehead atoms. The SMILES string of the molecule is O=C(NC1CCCCCCC1)C1CCN(C(=O)c2ccc(Cl)cc2)CC1. The Balaban J connectivity index is 1.47. The number of likely N-dealkylation sites (tertiary alicyclic amines) is 1. The molecule has 2 fully saturated rings. The number of benzene rings is 1. The smallest absolute Gasteiger partial charge is 0.253 e. The molecule has 26 heavy (non-hydrogen) atoms. The van der Waals surface area contributed by atoms with Crippen molar-refractivity contribution < 1.29 is 9.59 Å². The van der Waals surface area contributed by atoms with E-state index in [-0.39, 0.29) is 17.7 Å². The van der Waals surface area contributed by atoms with Crippen LogP contribution >= 0.6 is 11.6 Å². The van der Waals surface area contributed by atoms with Crippen LogP contribution in [0.4, 0.5) is 0 Å². The number of hydrogen-bond donors (Lipinski definition) is 1. The lowest BCUT2D eigenvalue weighted by atomic mass is 9.93. The van der Waals surface area contributed by atoms with E-state index in [9.17, 15) is 9.59 Å². The van der Waals surface area contributed by atoms with Crippen LogP contribution in [0.2, 0.25) is 5.02 Å². The Hall–Kier alpha value is -1.55. The van der Waals surface area contributed by atoms with Crippen LogP contribution < -0.4 is 5.32 Å². The lowest BCUT2D eigenvalue weighted by Gasteiger charge is -2.32. The number of nitrogens with zero attached hydrogens (tertiary/aromatic N) is 1. The molecular weight excluding hydrogens is 348 g/mol. The number of carbonyl (C=O) groups excluding carboxylic acids is 2. The highest BCUT2D eigenvalue weighted by molar-refractivity contribution is 6.30. The number of rotatable bonds is 3. The molecule has 1 aliphatic carbocycles. The topological polar surface area (TPSA) is 49.4 Å². The predicted molar refractivity (Wildman–Crippen MR) is 104 cm³/mol. The molecule has 5 heteroatoms. The highest BCUT2D eigenvalue weighted by Crippen LogP contribution is 2.22. The third-order valence-corrected chi connectivity index (χ3v) is 5.95. The van der Waals surface area contributed by atoms with Crippen molar-refractivity contribution >= 4 is 23.4 Å². The van der Waals surface area contributed by atoms with Crippen LogP contribution in [0.5, 0.6) is 0 Å². The molecule has 0 unspecified atom stereocenters. The van der Waals surface area contributed by atoms with Gasteiger partial charge in [0.15, 0.2) is 0 Å². The van der Waals surface area contributed by atoms with Gasteiger partial charge >= 0.3 is 0 Å². The first-order valence-electron chi connectivity index (χ1n) is 9.99. The van der Waals surface area contributed by atoms with Gasteiger partial charge in [0.1, 0.15) is 0 Å². The first-order valence-corrected chi connectivity index (χ1v) is 10.4. The number of piperidine rings is 1. The minimum absolute atomic E-state index is 0.0283. The zero-order valence-electron chi connectivity index (χ0n) is 15.4. The maximum Gasteiger partial charge on any atom is 0.253 e. The monoisotopic (exact) mass is 376 g/mol. The number of amides is 2. The summed E-state index contributed by atoms with van der Waals surface area (Å²) in [5.74, 6) is 0.254. The number of hydrogen-bond acceptors (Lipinski definition) is 2. The van der Waals surface area contributed by atoms with Gasteiger partial charge in [-0.1, -0.05) is 43.7 Å². The second-order valence-electron chi connectivity index (χ2n) is 7.62. The van der Waals surface area contributed by atoms with Crippen LogP contribution in [-0.4, -0.2) is 35.8 Å². The summed E-state index contributed by atoms with van der Waals surface area (Å²) in [6.07, 6.45) is 10.1. The zero-order valence-corrected chi connectivity index (χ0v) is 16.1. The lowest BCUT2D eigenvalue weighted by Crippen LogP contribution is -2.45. The van der Waals surface area contributed by atoms with E-state index in [1.54, 1.807) is 24.3 Å². The molecular formula is C21H29ClN2O2. The fraction of sp³-hybridized carbons (Fsp3) is 0.619. The summed E-state index contributed by atoms with van der Waals surface area (Å²) in [6, 6.07) is 7.35. The molecule has 0 atom stereocenters. The highest BCUT2D eigenvalue weighted by atomic mass is 35.5. The van der Waals surface area contributed by atoms with Crippen LogP contribution in [0.3, 0.4) is 0 Å². The number of carbonyl (C=O) groups is 2. The predicted octanol–water partition coefficient (Wildman–Crippen LogP) is 4.42. The van der Waals surface area contributed by atoms with Crippen LogP contribution in [0, 0.1) is 5.92 Å². The van der Waals surface area contributed by atoms with Crippen molar-refractivity contribution in [3.8, 4) is 0 Å². The third kappa shape index (κ3) is 5.23. The van der Waals surface area contributed by atoms with E-state index >= 15 is 0 Å². The second-order valence-corrected chi connectivity index (χ2v) is 8.06. The summed E-state index contributed by atoms with van der Waals surface area (Å²) in [5, 5.41) is 3.91. The Kier molecular flexibility index (Phi) is 6.95. The van der Waals surface area contributed by atoms with E-state index in [0.717, 1.165) is 25.7 Å². The van der Waals surface area contributed by atoms with Gasteiger partial charge in [0.05, 0.1) is 0 Å². The van der Waals surface area contributed by atoms with E-state index in [1.165, 1.54) is 32.1 Å². The summed E-state index contributed by atoms with van der Waals surface area (Å²) in [7, 11) is 0. The molecule has 142 valence electrons. The van der Waals surface area contributed by atoms with E-state index in [0.29, 0.717) is 29.7 Å². The van der Waals surface area contributed by atoms with E-state index < -0.39 is 0 Å². The van der Waals surface area contributed by atoms with Gasteiger partial charge in [0, 0.05) is 35.6 Å². The van der Waals surface area contributed by atoms with Gasteiger partial charge in [-0.05, 0) is 49.9 Å². The Morgan fingerprint density at radius 1 is 0.885 bits per heavy atom. The lowest BCUT2D eigenvalue weighted by molar-refractivity contribution is -0.127. The van der Waals surface area contributed by atoms with Gasteiger partial charge in [-0.15, -0.1) is 0 Å². The van der Waals surface area contributed by atoms with Gasteiger partial charge < -0.3 is 10.2 Å². The van der Waals surface area contributed by atoms with Gasteiger partial charge in [0.2, 0.25) is 5.91 Å². The average Bonchev–Trinajstić information content (AvgIpc) is 2.64.